The molecule has 12 heavy (non-hydrogen) atoms. The lowest BCUT2D eigenvalue weighted by molar-refractivity contribution is 1.35. The zero-order valence-corrected chi connectivity index (χ0v) is 7.54. The van der Waals surface area contributed by atoms with Crippen LogP contribution in [0.15, 0.2) is 40.7 Å². The van der Waals surface area contributed by atoms with Crippen LogP contribution >= 0.6 is 0 Å². The highest BCUT2D eigenvalue weighted by atomic mass is 14.8. The highest BCUT2D eigenvalue weighted by Gasteiger charge is 2.04. The van der Waals surface area contributed by atoms with Gasteiger partial charge in [-0.3, -0.25) is 4.99 Å². The molecule has 1 rings (SSSR count). The molecule has 0 amide bonds. The second-order valence-corrected chi connectivity index (χ2v) is 2.73. The Balaban J connectivity index is 3.00. The normalized spacial score (nSPS) is 18.3. The molecule has 0 spiro atoms. The summed E-state index contributed by atoms with van der Waals surface area (Å²) in [5.74, 6) is 0. The van der Waals surface area contributed by atoms with E-state index in [0.717, 1.165) is 23.4 Å². The summed E-state index contributed by atoms with van der Waals surface area (Å²) < 4.78 is 0. The van der Waals surface area contributed by atoms with Gasteiger partial charge in [-0.05, 0) is 25.8 Å². The molecule has 1 heterocycles. The number of hydrogen-bond donors (Lipinski definition) is 1. The number of rotatable bonds is 1. The van der Waals surface area contributed by atoms with E-state index >= 15 is 0 Å². The third-order valence-corrected chi connectivity index (χ3v) is 1.83. The SMILES string of the molecule is C/C=C(/N)C1=NC=CCC=C1C. The first kappa shape index (κ1) is 8.78. The maximum absolute atomic E-state index is 5.76. The number of nitrogens with two attached hydrogens (primary N) is 1. The van der Waals surface area contributed by atoms with Gasteiger partial charge in [0.05, 0.1) is 11.4 Å². The number of allylic oxidation sites excluding steroid dienone is 4. The summed E-state index contributed by atoms with van der Waals surface area (Å²) in [6, 6.07) is 0. The Hall–Kier alpha value is -1.31. The number of aliphatic imine (C=N–C) groups is 1. The van der Waals surface area contributed by atoms with Gasteiger partial charge in [-0.2, -0.15) is 0 Å². The predicted molar refractivity (Wildman–Crippen MR) is 52.9 cm³/mol. The molecular formula is C10H14N2. The van der Waals surface area contributed by atoms with Crippen LogP contribution in [0.1, 0.15) is 20.3 Å². The third kappa shape index (κ3) is 1.84. The van der Waals surface area contributed by atoms with Gasteiger partial charge in [-0.25, -0.2) is 0 Å². The Labute approximate surface area is 73.2 Å². The average Bonchev–Trinajstić information content (AvgIpc) is 2.28. The smallest absolute Gasteiger partial charge is 0.0881 e. The summed E-state index contributed by atoms with van der Waals surface area (Å²) in [6.07, 6.45) is 8.75. The Morgan fingerprint density at radius 2 is 2.42 bits per heavy atom. The van der Waals surface area contributed by atoms with Crippen molar-refractivity contribution in [1.29, 1.82) is 0 Å². The zero-order valence-electron chi connectivity index (χ0n) is 7.54. The summed E-state index contributed by atoms with van der Waals surface area (Å²) >= 11 is 0. The van der Waals surface area contributed by atoms with Crippen LogP contribution in [-0.2, 0) is 0 Å². The molecule has 0 saturated carbocycles. The van der Waals surface area contributed by atoms with Gasteiger partial charge in [-0.1, -0.05) is 18.2 Å². The van der Waals surface area contributed by atoms with Crippen LogP contribution in [-0.4, -0.2) is 5.71 Å². The van der Waals surface area contributed by atoms with E-state index in [9.17, 15) is 0 Å². The average molecular weight is 162 g/mol. The zero-order chi connectivity index (χ0) is 8.97. The highest BCUT2D eigenvalue weighted by Crippen LogP contribution is 2.09. The minimum atomic E-state index is 0.746. The first-order valence-corrected chi connectivity index (χ1v) is 4.08. The maximum Gasteiger partial charge on any atom is 0.0881 e. The van der Waals surface area contributed by atoms with E-state index in [1.54, 1.807) is 6.20 Å². The summed E-state index contributed by atoms with van der Waals surface area (Å²) in [7, 11) is 0. The fourth-order valence-corrected chi connectivity index (χ4v) is 1.07. The lowest BCUT2D eigenvalue weighted by atomic mass is 10.1. The molecule has 0 aromatic carbocycles. The first-order chi connectivity index (χ1) is 5.75. The van der Waals surface area contributed by atoms with E-state index in [1.807, 2.05) is 26.0 Å². The molecule has 1 aliphatic rings. The molecule has 0 aliphatic carbocycles. The van der Waals surface area contributed by atoms with Crippen LogP contribution in [0.3, 0.4) is 0 Å². The van der Waals surface area contributed by atoms with Crippen molar-refractivity contribution in [2.45, 2.75) is 20.3 Å². The van der Waals surface area contributed by atoms with E-state index in [-0.39, 0.29) is 0 Å². The van der Waals surface area contributed by atoms with E-state index in [1.165, 1.54) is 0 Å². The van der Waals surface area contributed by atoms with Gasteiger partial charge in [0.25, 0.3) is 0 Å². The van der Waals surface area contributed by atoms with Crippen molar-refractivity contribution in [3.63, 3.8) is 0 Å². The molecule has 0 atom stereocenters. The van der Waals surface area contributed by atoms with Crippen LogP contribution in [0, 0.1) is 0 Å². The maximum atomic E-state index is 5.76. The van der Waals surface area contributed by atoms with Crippen molar-refractivity contribution in [2.24, 2.45) is 10.7 Å². The monoisotopic (exact) mass is 162 g/mol. The molecule has 0 saturated heterocycles. The van der Waals surface area contributed by atoms with Crippen LogP contribution in [0.5, 0.6) is 0 Å². The topological polar surface area (TPSA) is 38.4 Å². The fourth-order valence-electron chi connectivity index (χ4n) is 1.07. The summed E-state index contributed by atoms with van der Waals surface area (Å²) in [4.78, 5) is 4.25. The van der Waals surface area contributed by atoms with Gasteiger partial charge in [-0.15, -0.1) is 0 Å². The molecular weight excluding hydrogens is 148 g/mol. The van der Waals surface area contributed by atoms with Crippen molar-refractivity contribution < 1.29 is 0 Å². The fraction of sp³-hybridized carbons (Fsp3) is 0.300. The number of hydrogen-bond acceptors (Lipinski definition) is 2. The molecule has 0 aromatic rings. The Morgan fingerprint density at radius 1 is 1.67 bits per heavy atom. The minimum absolute atomic E-state index is 0.746. The largest absolute Gasteiger partial charge is 0.397 e. The van der Waals surface area contributed by atoms with Crippen molar-refractivity contribution >= 4 is 5.71 Å². The standard InChI is InChI=1S/C10H14N2/c1-3-9(11)10-8(2)6-4-5-7-12-10/h3,5-7H,4,11H2,1-2H3/b9-3+. The molecule has 2 N–H and O–H groups in total. The molecule has 0 radical (unpaired) electrons. The predicted octanol–water partition coefficient (Wildman–Crippen LogP) is 2.15. The van der Waals surface area contributed by atoms with Crippen molar-refractivity contribution in [3.8, 4) is 0 Å². The van der Waals surface area contributed by atoms with Crippen LogP contribution in [0.2, 0.25) is 0 Å². The van der Waals surface area contributed by atoms with Crippen LogP contribution in [0.4, 0.5) is 0 Å². The second kappa shape index (κ2) is 3.90. The van der Waals surface area contributed by atoms with Crippen LogP contribution in [0.25, 0.3) is 0 Å². The molecule has 0 bridgehead atoms. The summed E-state index contributed by atoms with van der Waals surface area (Å²) in [5, 5.41) is 0. The van der Waals surface area contributed by atoms with Crippen molar-refractivity contribution in [3.05, 3.63) is 35.7 Å². The summed E-state index contributed by atoms with van der Waals surface area (Å²) in [6.45, 7) is 3.95. The van der Waals surface area contributed by atoms with E-state index in [2.05, 4.69) is 11.1 Å². The Bertz CT molecular complexity index is 280. The highest BCUT2D eigenvalue weighted by molar-refractivity contribution is 6.11. The summed E-state index contributed by atoms with van der Waals surface area (Å²) in [5.41, 5.74) is 8.55. The second-order valence-electron chi connectivity index (χ2n) is 2.73. The Kier molecular flexibility index (Phi) is 2.86. The van der Waals surface area contributed by atoms with E-state index in [4.69, 9.17) is 5.73 Å². The van der Waals surface area contributed by atoms with Gasteiger partial charge in [0.15, 0.2) is 0 Å². The van der Waals surface area contributed by atoms with Gasteiger partial charge in [0.1, 0.15) is 0 Å². The molecule has 1 aliphatic heterocycles. The molecule has 2 heteroatoms. The molecule has 0 unspecified atom stereocenters. The molecule has 2 nitrogen and oxygen atoms in total. The first-order valence-electron chi connectivity index (χ1n) is 4.08. The lowest BCUT2D eigenvalue weighted by Crippen LogP contribution is -2.11. The van der Waals surface area contributed by atoms with Crippen LogP contribution < -0.4 is 5.73 Å². The Morgan fingerprint density at radius 3 is 3.08 bits per heavy atom. The van der Waals surface area contributed by atoms with Crippen molar-refractivity contribution in [1.82, 2.24) is 0 Å². The van der Waals surface area contributed by atoms with Crippen molar-refractivity contribution in [2.75, 3.05) is 0 Å². The molecule has 64 valence electrons. The molecule has 0 fully saturated rings. The van der Waals surface area contributed by atoms with E-state index < -0.39 is 0 Å². The molecule has 0 aromatic heterocycles. The number of nitrogens with zero attached hydrogens (tertiary/aromatic N) is 1. The van der Waals surface area contributed by atoms with Gasteiger partial charge in [0.2, 0.25) is 0 Å². The quantitative estimate of drug-likeness (QED) is 0.630. The van der Waals surface area contributed by atoms with Gasteiger partial charge in [0, 0.05) is 6.20 Å². The minimum Gasteiger partial charge on any atom is -0.397 e. The lowest BCUT2D eigenvalue weighted by Gasteiger charge is -2.03. The van der Waals surface area contributed by atoms with Gasteiger partial charge < -0.3 is 5.73 Å². The van der Waals surface area contributed by atoms with E-state index in [0.29, 0.717) is 0 Å². The van der Waals surface area contributed by atoms with Gasteiger partial charge >= 0.3 is 0 Å². The third-order valence-electron chi connectivity index (χ3n) is 1.83.